The van der Waals surface area contributed by atoms with Gasteiger partial charge in [-0.15, -0.1) is 0 Å². The molecule has 0 atom stereocenters. The quantitative estimate of drug-likeness (QED) is 0.795. The first-order valence-electron chi connectivity index (χ1n) is 10.1. The average molecular weight is 416 g/mol. The van der Waals surface area contributed by atoms with Crippen molar-refractivity contribution < 1.29 is 13.2 Å². The zero-order valence-corrected chi connectivity index (χ0v) is 17.3. The molecule has 1 aromatic heterocycles. The Labute approximate surface area is 170 Å². The summed E-state index contributed by atoms with van der Waals surface area (Å²) in [6.45, 7) is 1.67. The molecule has 2 aromatic rings. The van der Waals surface area contributed by atoms with Crippen molar-refractivity contribution >= 4 is 21.7 Å². The Morgan fingerprint density at radius 2 is 1.76 bits per heavy atom. The molecule has 1 aliphatic heterocycles. The van der Waals surface area contributed by atoms with Gasteiger partial charge in [-0.3, -0.25) is 4.68 Å². The fourth-order valence-corrected chi connectivity index (χ4v) is 5.62. The average Bonchev–Trinajstić information content (AvgIpc) is 3.38. The van der Waals surface area contributed by atoms with Crippen LogP contribution in [0.4, 0.5) is 10.5 Å². The van der Waals surface area contributed by atoms with E-state index >= 15 is 0 Å². The third kappa shape index (κ3) is 3.32. The highest BCUT2D eigenvalue weighted by molar-refractivity contribution is 7.90. The van der Waals surface area contributed by atoms with Crippen molar-refractivity contribution in [3.8, 4) is 0 Å². The molecule has 2 heterocycles. The van der Waals surface area contributed by atoms with Crippen LogP contribution in [0.1, 0.15) is 41.1 Å². The van der Waals surface area contributed by atoms with Gasteiger partial charge in [-0.25, -0.2) is 9.52 Å². The summed E-state index contributed by atoms with van der Waals surface area (Å²) in [6, 6.07) is 3.16. The van der Waals surface area contributed by atoms with Crippen LogP contribution in [0.3, 0.4) is 0 Å². The van der Waals surface area contributed by atoms with E-state index in [1.54, 1.807) is 10.9 Å². The van der Waals surface area contributed by atoms with E-state index in [9.17, 15) is 13.2 Å². The highest BCUT2D eigenvalue weighted by atomic mass is 32.2. The first-order valence-corrected chi connectivity index (χ1v) is 11.6. The third-order valence-corrected chi connectivity index (χ3v) is 7.44. The number of aryl methyl sites for hydroxylation is 2. The summed E-state index contributed by atoms with van der Waals surface area (Å²) < 4.78 is 29.1. The number of fused-ring (bicyclic) bond motifs is 2. The van der Waals surface area contributed by atoms with Gasteiger partial charge in [-0.2, -0.15) is 13.5 Å². The molecular weight excluding hydrogens is 390 g/mol. The van der Waals surface area contributed by atoms with Crippen LogP contribution in [0, 0.1) is 0 Å². The monoisotopic (exact) mass is 415 g/mol. The molecule has 0 bridgehead atoms. The first kappa shape index (κ1) is 18.6. The SMILES string of the molecule is CN1CC(n2ccc(S(=O)(=O)NC(=O)Nc3c4c(cc5c3CCC5)CCC4)n2)C1. The number of hydrogen-bond donors (Lipinski definition) is 2. The number of likely N-dealkylation sites (tertiary alicyclic amines) is 1. The van der Waals surface area contributed by atoms with Gasteiger partial charge in [0.15, 0.2) is 5.03 Å². The molecule has 8 nitrogen and oxygen atoms in total. The van der Waals surface area contributed by atoms with Gasteiger partial charge in [0.1, 0.15) is 0 Å². The van der Waals surface area contributed by atoms with E-state index in [1.165, 1.54) is 17.2 Å². The Bertz CT molecular complexity index is 1050. The number of benzene rings is 1. The second-order valence-corrected chi connectivity index (χ2v) is 9.93. The summed E-state index contributed by atoms with van der Waals surface area (Å²) in [6.07, 6.45) is 7.68. The van der Waals surface area contributed by atoms with Gasteiger partial charge < -0.3 is 10.2 Å². The van der Waals surface area contributed by atoms with Crippen LogP contribution < -0.4 is 10.0 Å². The van der Waals surface area contributed by atoms with Crippen molar-refractivity contribution in [1.29, 1.82) is 0 Å². The first-order chi connectivity index (χ1) is 13.9. The van der Waals surface area contributed by atoms with Gasteiger partial charge >= 0.3 is 6.03 Å². The lowest BCUT2D eigenvalue weighted by Gasteiger charge is -2.36. The number of urea groups is 1. The number of carbonyl (C=O) groups is 1. The Balaban J connectivity index is 1.34. The summed E-state index contributed by atoms with van der Waals surface area (Å²) in [5.41, 5.74) is 5.72. The van der Waals surface area contributed by atoms with E-state index in [4.69, 9.17) is 0 Å². The van der Waals surface area contributed by atoms with Crippen LogP contribution >= 0.6 is 0 Å². The molecule has 154 valence electrons. The largest absolute Gasteiger partial charge is 0.333 e. The predicted molar refractivity (Wildman–Crippen MR) is 109 cm³/mol. The topological polar surface area (TPSA) is 96.3 Å². The van der Waals surface area contributed by atoms with Crippen molar-refractivity contribution in [3.05, 3.63) is 40.6 Å². The van der Waals surface area contributed by atoms with Crippen LogP contribution in [0.25, 0.3) is 0 Å². The van der Waals surface area contributed by atoms with Crippen molar-refractivity contribution in [2.75, 3.05) is 25.5 Å². The van der Waals surface area contributed by atoms with E-state index in [2.05, 4.69) is 26.1 Å². The molecule has 9 heteroatoms. The molecule has 0 unspecified atom stereocenters. The molecule has 0 spiro atoms. The van der Waals surface area contributed by atoms with E-state index < -0.39 is 16.1 Å². The maximum atomic E-state index is 12.6. The minimum atomic E-state index is -4.03. The molecule has 5 rings (SSSR count). The van der Waals surface area contributed by atoms with Crippen molar-refractivity contribution in [3.63, 3.8) is 0 Å². The zero-order chi connectivity index (χ0) is 20.2. The number of rotatable bonds is 4. The molecule has 2 aliphatic carbocycles. The zero-order valence-electron chi connectivity index (χ0n) is 16.4. The van der Waals surface area contributed by atoms with Crippen LogP contribution in [-0.2, 0) is 35.7 Å². The summed E-state index contributed by atoms with van der Waals surface area (Å²) in [7, 11) is -2.03. The third-order valence-electron chi connectivity index (χ3n) is 6.22. The molecule has 0 radical (unpaired) electrons. The summed E-state index contributed by atoms with van der Waals surface area (Å²) >= 11 is 0. The Hall–Kier alpha value is -2.39. The standard InChI is InChI=1S/C20H25N5O3S/c1-24-11-15(12-24)25-9-8-18(22-25)29(27,28)23-20(26)21-19-16-6-2-4-13(16)10-14-5-3-7-17(14)19/h8-10,15H,2-7,11-12H2,1H3,(H2,21,23,26). The predicted octanol–water partition coefficient (Wildman–Crippen LogP) is 1.86. The second kappa shape index (κ2) is 6.84. The summed E-state index contributed by atoms with van der Waals surface area (Å²) in [5, 5.41) is 6.90. The number of carbonyl (C=O) groups excluding carboxylic acids is 1. The van der Waals surface area contributed by atoms with E-state index in [0.29, 0.717) is 0 Å². The number of amides is 2. The lowest BCUT2D eigenvalue weighted by molar-refractivity contribution is 0.129. The lowest BCUT2D eigenvalue weighted by Crippen LogP contribution is -2.45. The number of sulfonamides is 1. The Kier molecular flexibility index (Phi) is 4.40. The van der Waals surface area contributed by atoms with Gasteiger partial charge in [0.2, 0.25) is 0 Å². The molecule has 1 saturated heterocycles. The molecule has 29 heavy (non-hydrogen) atoms. The van der Waals surface area contributed by atoms with Gasteiger partial charge in [-0.1, -0.05) is 6.07 Å². The molecule has 1 aromatic carbocycles. The minimum absolute atomic E-state index is 0.134. The van der Waals surface area contributed by atoms with Gasteiger partial charge in [0, 0.05) is 25.0 Å². The van der Waals surface area contributed by atoms with E-state index in [0.717, 1.165) is 68.4 Å². The minimum Gasteiger partial charge on any atom is -0.307 e. The van der Waals surface area contributed by atoms with Crippen molar-refractivity contribution in [1.82, 2.24) is 19.4 Å². The molecule has 1 fully saturated rings. The van der Waals surface area contributed by atoms with Gasteiger partial charge in [-0.05, 0) is 73.9 Å². The fourth-order valence-electron chi connectivity index (χ4n) is 4.78. The Morgan fingerprint density at radius 1 is 1.10 bits per heavy atom. The maximum Gasteiger partial charge on any atom is 0.333 e. The number of nitrogens with zero attached hydrogens (tertiary/aromatic N) is 3. The molecule has 2 N–H and O–H groups in total. The van der Waals surface area contributed by atoms with Gasteiger partial charge in [0.05, 0.1) is 6.04 Å². The number of likely N-dealkylation sites (N-methyl/N-ethyl adjacent to an activating group) is 1. The smallest absolute Gasteiger partial charge is 0.307 e. The molecule has 0 saturated carbocycles. The molecule has 3 aliphatic rings. The maximum absolute atomic E-state index is 12.6. The van der Waals surface area contributed by atoms with Crippen molar-refractivity contribution in [2.24, 2.45) is 0 Å². The highest BCUT2D eigenvalue weighted by Crippen LogP contribution is 2.38. The molecular formula is C20H25N5O3S. The highest BCUT2D eigenvalue weighted by Gasteiger charge is 2.29. The van der Waals surface area contributed by atoms with Gasteiger partial charge in [0.25, 0.3) is 10.0 Å². The Morgan fingerprint density at radius 3 is 2.38 bits per heavy atom. The number of nitrogens with one attached hydrogen (secondary N) is 2. The fraction of sp³-hybridized carbons (Fsp3) is 0.500. The summed E-state index contributed by atoms with van der Waals surface area (Å²) in [5.74, 6) is 0. The lowest BCUT2D eigenvalue weighted by atomic mass is 9.99. The van der Waals surface area contributed by atoms with Crippen LogP contribution in [0.5, 0.6) is 0 Å². The van der Waals surface area contributed by atoms with Crippen LogP contribution in [-0.4, -0.2) is 49.3 Å². The van der Waals surface area contributed by atoms with Crippen molar-refractivity contribution in [2.45, 2.75) is 49.6 Å². The normalized spacial score (nSPS) is 18.9. The number of anilines is 1. The molecule has 2 amide bonds. The summed E-state index contributed by atoms with van der Waals surface area (Å²) in [4.78, 5) is 14.7. The second-order valence-electron chi connectivity index (χ2n) is 8.30. The van der Waals surface area contributed by atoms with E-state index in [1.807, 2.05) is 7.05 Å². The van der Waals surface area contributed by atoms with E-state index in [-0.39, 0.29) is 11.1 Å². The van der Waals surface area contributed by atoms with Crippen LogP contribution in [0.15, 0.2) is 23.4 Å². The van der Waals surface area contributed by atoms with Crippen LogP contribution in [0.2, 0.25) is 0 Å². The number of aromatic nitrogens is 2. The number of hydrogen-bond acceptors (Lipinski definition) is 5.